The summed E-state index contributed by atoms with van der Waals surface area (Å²) in [5.41, 5.74) is 2.77. The zero-order valence-corrected chi connectivity index (χ0v) is 11.0. The summed E-state index contributed by atoms with van der Waals surface area (Å²) in [4.78, 5) is 2.35. The van der Waals surface area contributed by atoms with E-state index in [1.807, 2.05) is 0 Å². The molecule has 0 saturated carbocycles. The summed E-state index contributed by atoms with van der Waals surface area (Å²) < 4.78 is 0. The van der Waals surface area contributed by atoms with Crippen LogP contribution in [0.4, 0.5) is 0 Å². The van der Waals surface area contributed by atoms with Crippen LogP contribution in [0.15, 0.2) is 24.3 Å². The van der Waals surface area contributed by atoms with Crippen molar-refractivity contribution in [1.82, 2.24) is 10.2 Å². The van der Waals surface area contributed by atoms with Crippen LogP contribution >= 0.6 is 0 Å². The minimum Gasteiger partial charge on any atom is -0.311 e. The largest absolute Gasteiger partial charge is 0.311 e. The Balaban J connectivity index is 2.24. The molecule has 0 aromatic heterocycles. The molecule has 0 aliphatic carbocycles. The molecule has 90 valence electrons. The van der Waals surface area contributed by atoms with Crippen molar-refractivity contribution < 1.29 is 0 Å². The van der Waals surface area contributed by atoms with Gasteiger partial charge in [-0.1, -0.05) is 24.3 Å². The summed E-state index contributed by atoms with van der Waals surface area (Å²) in [7, 11) is 2.17. The van der Waals surface area contributed by atoms with Crippen LogP contribution in [0.25, 0.3) is 0 Å². The predicted molar refractivity (Wildman–Crippen MR) is 70.7 cm³/mol. The predicted octanol–water partition coefficient (Wildman–Crippen LogP) is 2.42. The topological polar surface area (TPSA) is 15.3 Å². The van der Waals surface area contributed by atoms with Gasteiger partial charge in [0.1, 0.15) is 0 Å². The molecule has 0 bridgehead atoms. The Morgan fingerprint density at radius 3 is 2.56 bits per heavy atom. The summed E-state index contributed by atoms with van der Waals surface area (Å²) in [6.45, 7) is 9.73. The fraction of sp³-hybridized carbons (Fsp3) is 0.571. The lowest BCUT2D eigenvalue weighted by Crippen LogP contribution is -2.33. The van der Waals surface area contributed by atoms with Crippen LogP contribution in [0, 0.1) is 6.92 Å². The second-order valence-electron chi connectivity index (χ2n) is 4.68. The van der Waals surface area contributed by atoms with Gasteiger partial charge in [0.2, 0.25) is 0 Å². The van der Waals surface area contributed by atoms with Gasteiger partial charge in [0, 0.05) is 25.7 Å². The molecule has 0 aliphatic heterocycles. The molecule has 1 N–H and O–H groups in total. The fourth-order valence-electron chi connectivity index (χ4n) is 1.55. The number of benzene rings is 1. The number of rotatable bonds is 6. The molecule has 16 heavy (non-hydrogen) atoms. The Hall–Kier alpha value is -0.860. The van der Waals surface area contributed by atoms with Gasteiger partial charge in [-0.05, 0) is 38.9 Å². The Morgan fingerprint density at radius 2 is 1.94 bits per heavy atom. The third-order valence-corrected chi connectivity index (χ3v) is 3.10. The molecule has 0 amide bonds. The molecule has 0 aliphatic rings. The quantitative estimate of drug-likeness (QED) is 0.741. The van der Waals surface area contributed by atoms with E-state index in [0.29, 0.717) is 6.04 Å². The first kappa shape index (κ1) is 13.2. The maximum atomic E-state index is 3.49. The van der Waals surface area contributed by atoms with Gasteiger partial charge in [-0.15, -0.1) is 0 Å². The van der Waals surface area contributed by atoms with Gasteiger partial charge in [-0.3, -0.25) is 0 Å². The van der Waals surface area contributed by atoms with E-state index in [1.54, 1.807) is 0 Å². The first-order valence-corrected chi connectivity index (χ1v) is 6.06. The number of aryl methyl sites for hydroxylation is 1. The van der Waals surface area contributed by atoms with Crippen LogP contribution in [-0.4, -0.2) is 31.1 Å². The second kappa shape index (κ2) is 6.66. The van der Waals surface area contributed by atoms with Crippen molar-refractivity contribution in [2.24, 2.45) is 0 Å². The van der Waals surface area contributed by atoms with E-state index in [1.165, 1.54) is 11.1 Å². The van der Waals surface area contributed by atoms with Crippen LogP contribution in [0.1, 0.15) is 25.0 Å². The molecule has 0 unspecified atom stereocenters. The summed E-state index contributed by atoms with van der Waals surface area (Å²) in [5.74, 6) is 0. The maximum absolute atomic E-state index is 3.49. The van der Waals surface area contributed by atoms with Crippen molar-refractivity contribution in [3.63, 3.8) is 0 Å². The monoisotopic (exact) mass is 220 g/mol. The van der Waals surface area contributed by atoms with Crippen molar-refractivity contribution in [1.29, 1.82) is 0 Å². The lowest BCUT2D eigenvalue weighted by molar-refractivity contribution is 0.273. The Labute approximate surface area is 99.7 Å². The standard InChI is InChI=1S/C14H24N2/c1-12(2)16(4)10-9-15-11-14-8-6-5-7-13(14)3/h5-8,12,15H,9-11H2,1-4H3. The fourth-order valence-corrected chi connectivity index (χ4v) is 1.55. The smallest absolute Gasteiger partial charge is 0.0208 e. The van der Waals surface area contributed by atoms with Gasteiger partial charge in [-0.2, -0.15) is 0 Å². The third kappa shape index (κ3) is 4.33. The molecule has 2 nitrogen and oxygen atoms in total. The zero-order chi connectivity index (χ0) is 12.0. The molecular formula is C14H24N2. The average molecular weight is 220 g/mol. The lowest BCUT2D eigenvalue weighted by atomic mass is 10.1. The van der Waals surface area contributed by atoms with E-state index in [0.717, 1.165) is 19.6 Å². The minimum atomic E-state index is 0.625. The van der Waals surface area contributed by atoms with E-state index in [4.69, 9.17) is 0 Å². The maximum Gasteiger partial charge on any atom is 0.0208 e. The summed E-state index contributed by atoms with van der Waals surface area (Å²) in [5, 5.41) is 3.49. The van der Waals surface area contributed by atoms with Crippen LogP contribution in [0.5, 0.6) is 0 Å². The molecule has 0 spiro atoms. The highest BCUT2D eigenvalue weighted by atomic mass is 15.1. The molecule has 0 heterocycles. The van der Waals surface area contributed by atoms with E-state index in [9.17, 15) is 0 Å². The van der Waals surface area contributed by atoms with Crippen LogP contribution in [0.3, 0.4) is 0 Å². The van der Waals surface area contributed by atoms with Crippen LogP contribution in [0.2, 0.25) is 0 Å². The van der Waals surface area contributed by atoms with E-state index in [-0.39, 0.29) is 0 Å². The Bertz CT molecular complexity index is 307. The first-order chi connectivity index (χ1) is 7.61. The van der Waals surface area contributed by atoms with Gasteiger partial charge >= 0.3 is 0 Å². The molecular weight excluding hydrogens is 196 g/mol. The van der Waals surface area contributed by atoms with Gasteiger partial charge < -0.3 is 10.2 Å². The zero-order valence-electron chi connectivity index (χ0n) is 11.0. The summed E-state index contributed by atoms with van der Waals surface area (Å²) in [6.07, 6.45) is 0. The third-order valence-electron chi connectivity index (χ3n) is 3.10. The van der Waals surface area contributed by atoms with E-state index in [2.05, 4.69) is 62.3 Å². The van der Waals surface area contributed by atoms with E-state index < -0.39 is 0 Å². The van der Waals surface area contributed by atoms with Crippen LogP contribution < -0.4 is 5.32 Å². The summed E-state index contributed by atoms with van der Waals surface area (Å²) in [6, 6.07) is 9.17. The number of hydrogen-bond donors (Lipinski definition) is 1. The number of likely N-dealkylation sites (N-methyl/N-ethyl adjacent to an activating group) is 1. The molecule has 1 aromatic carbocycles. The van der Waals surface area contributed by atoms with Gasteiger partial charge in [-0.25, -0.2) is 0 Å². The number of hydrogen-bond acceptors (Lipinski definition) is 2. The molecule has 0 fully saturated rings. The van der Waals surface area contributed by atoms with Crippen molar-refractivity contribution in [3.05, 3.63) is 35.4 Å². The van der Waals surface area contributed by atoms with Crippen molar-refractivity contribution in [2.75, 3.05) is 20.1 Å². The highest BCUT2D eigenvalue weighted by Crippen LogP contribution is 2.05. The molecule has 0 saturated heterocycles. The summed E-state index contributed by atoms with van der Waals surface area (Å²) >= 11 is 0. The van der Waals surface area contributed by atoms with Gasteiger partial charge in [0.15, 0.2) is 0 Å². The first-order valence-electron chi connectivity index (χ1n) is 6.06. The molecule has 0 atom stereocenters. The molecule has 2 heteroatoms. The highest BCUT2D eigenvalue weighted by molar-refractivity contribution is 5.25. The van der Waals surface area contributed by atoms with Gasteiger partial charge in [0.05, 0.1) is 0 Å². The average Bonchev–Trinajstić information content (AvgIpc) is 2.26. The Kier molecular flexibility index (Phi) is 5.50. The van der Waals surface area contributed by atoms with Crippen molar-refractivity contribution in [3.8, 4) is 0 Å². The molecule has 1 aromatic rings. The number of nitrogens with zero attached hydrogens (tertiary/aromatic N) is 1. The van der Waals surface area contributed by atoms with Crippen molar-refractivity contribution in [2.45, 2.75) is 33.4 Å². The van der Waals surface area contributed by atoms with E-state index >= 15 is 0 Å². The Morgan fingerprint density at radius 1 is 1.25 bits per heavy atom. The highest BCUT2D eigenvalue weighted by Gasteiger charge is 2.02. The second-order valence-corrected chi connectivity index (χ2v) is 4.68. The SMILES string of the molecule is Cc1ccccc1CNCCN(C)C(C)C. The molecule has 1 rings (SSSR count). The van der Waals surface area contributed by atoms with Crippen LogP contribution in [-0.2, 0) is 6.54 Å². The normalized spacial score (nSPS) is 11.4. The van der Waals surface area contributed by atoms with Crippen molar-refractivity contribution >= 4 is 0 Å². The lowest BCUT2D eigenvalue weighted by Gasteiger charge is -2.21. The number of nitrogens with one attached hydrogen (secondary N) is 1. The minimum absolute atomic E-state index is 0.625. The molecule has 0 radical (unpaired) electrons. The van der Waals surface area contributed by atoms with Gasteiger partial charge in [0.25, 0.3) is 0 Å².